The van der Waals surface area contributed by atoms with Crippen molar-refractivity contribution in [1.29, 1.82) is 0 Å². The predicted octanol–water partition coefficient (Wildman–Crippen LogP) is 4.55. The minimum absolute atomic E-state index is 0.0135. The van der Waals surface area contributed by atoms with Gasteiger partial charge in [-0.15, -0.1) is 0 Å². The van der Waals surface area contributed by atoms with Crippen LogP contribution in [-0.2, 0) is 11.3 Å². The minimum atomic E-state index is -0.919. The van der Waals surface area contributed by atoms with E-state index in [-0.39, 0.29) is 17.9 Å². The molecule has 34 heavy (non-hydrogen) atoms. The van der Waals surface area contributed by atoms with E-state index in [1.807, 2.05) is 28.5 Å². The quantitative estimate of drug-likeness (QED) is 0.675. The standard InChI is InChI=1S/C27H40N4O3/c1-27(26(33)28-21-11-6-3-2-4-7-12-21)20-30-22-13-18-34-24(22)19-23(30)25(32)31(27)17-10-16-29-14-8-5-9-15-29/h13,18-19,21H,2-12,14-17,20H2,1H3,(H,28,33)/t27-/m0/s1. The third-order valence-corrected chi connectivity index (χ3v) is 8.28. The van der Waals surface area contributed by atoms with Crippen molar-refractivity contribution in [3.63, 3.8) is 0 Å². The Morgan fingerprint density at radius 1 is 1.06 bits per heavy atom. The number of aromatic nitrogens is 1. The van der Waals surface area contributed by atoms with Gasteiger partial charge < -0.3 is 24.1 Å². The first-order valence-corrected chi connectivity index (χ1v) is 13.5. The number of nitrogens with one attached hydrogen (secondary N) is 1. The number of nitrogens with zero attached hydrogens (tertiary/aromatic N) is 3. The fourth-order valence-corrected chi connectivity index (χ4v) is 6.20. The lowest BCUT2D eigenvalue weighted by Gasteiger charge is -2.45. The maximum Gasteiger partial charge on any atom is 0.271 e. The van der Waals surface area contributed by atoms with E-state index in [1.165, 1.54) is 38.5 Å². The largest absolute Gasteiger partial charge is 0.463 e. The number of amides is 2. The number of furan rings is 1. The third kappa shape index (κ3) is 4.64. The first-order valence-electron chi connectivity index (χ1n) is 13.5. The summed E-state index contributed by atoms with van der Waals surface area (Å²) in [6.07, 6.45) is 14.6. The number of likely N-dealkylation sites (tertiary alicyclic amines) is 1. The number of rotatable bonds is 6. The van der Waals surface area contributed by atoms with Crippen LogP contribution in [0.3, 0.4) is 0 Å². The summed E-state index contributed by atoms with van der Waals surface area (Å²) in [6.45, 7) is 6.28. The first kappa shape index (κ1) is 23.5. The molecule has 4 heterocycles. The Hall–Kier alpha value is -2.28. The molecule has 186 valence electrons. The first-order chi connectivity index (χ1) is 16.6. The van der Waals surface area contributed by atoms with Gasteiger partial charge in [-0.2, -0.15) is 0 Å². The lowest BCUT2D eigenvalue weighted by Crippen LogP contribution is -2.65. The van der Waals surface area contributed by atoms with Crippen molar-refractivity contribution < 1.29 is 14.0 Å². The highest BCUT2D eigenvalue weighted by atomic mass is 16.3. The number of hydrogen-bond donors (Lipinski definition) is 1. The molecule has 2 aromatic heterocycles. The van der Waals surface area contributed by atoms with Gasteiger partial charge in [0, 0.05) is 24.7 Å². The molecule has 2 amide bonds. The highest BCUT2D eigenvalue weighted by molar-refractivity contribution is 6.02. The van der Waals surface area contributed by atoms with Gasteiger partial charge in [0.25, 0.3) is 5.91 Å². The maximum absolute atomic E-state index is 13.9. The average Bonchev–Trinajstić information content (AvgIpc) is 3.41. The maximum atomic E-state index is 13.9. The highest BCUT2D eigenvalue weighted by Gasteiger charge is 2.48. The summed E-state index contributed by atoms with van der Waals surface area (Å²) in [6, 6.07) is 3.93. The van der Waals surface area contributed by atoms with E-state index in [0.29, 0.717) is 24.4 Å². The Kier molecular flexibility index (Phi) is 7.00. The predicted molar refractivity (Wildman–Crippen MR) is 133 cm³/mol. The van der Waals surface area contributed by atoms with Crippen molar-refractivity contribution in [2.45, 2.75) is 95.7 Å². The Morgan fingerprint density at radius 3 is 2.53 bits per heavy atom. The molecule has 0 spiro atoms. The zero-order chi connectivity index (χ0) is 23.5. The Balaban J connectivity index is 1.36. The van der Waals surface area contributed by atoms with Crippen LogP contribution in [0, 0.1) is 0 Å². The van der Waals surface area contributed by atoms with Crippen LogP contribution in [0.2, 0.25) is 0 Å². The van der Waals surface area contributed by atoms with Crippen LogP contribution in [0.5, 0.6) is 0 Å². The monoisotopic (exact) mass is 468 g/mol. The average molecular weight is 469 g/mol. The Bertz CT molecular complexity index is 997. The summed E-state index contributed by atoms with van der Waals surface area (Å²) in [7, 11) is 0. The van der Waals surface area contributed by atoms with Gasteiger partial charge in [-0.1, -0.05) is 38.5 Å². The number of carbonyl (C=O) groups excluding carboxylic acids is 2. The second kappa shape index (κ2) is 10.1. The molecule has 2 fully saturated rings. The van der Waals surface area contributed by atoms with Crippen LogP contribution < -0.4 is 5.32 Å². The summed E-state index contributed by atoms with van der Waals surface area (Å²) in [5.74, 6) is -0.0769. The van der Waals surface area contributed by atoms with Gasteiger partial charge in [0.1, 0.15) is 11.2 Å². The molecular formula is C27H40N4O3. The van der Waals surface area contributed by atoms with Crippen molar-refractivity contribution in [2.24, 2.45) is 0 Å². The molecule has 7 nitrogen and oxygen atoms in total. The molecule has 1 atom stereocenters. The van der Waals surface area contributed by atoms with Crippen LogP contribution in [0.15, 0.2) is 22.8 Å². The summed E-state index contributed by atoms with van der Waals surface area (Å²) >= 11 is 0. The molecule has 7 heteroatoms. The van der Waals surface area contributed by atoms with Crippen molar-refractivity contribution >= 4 is 22.9 Å². The van der Waals surface area contributed by atoms with Crippen molar-refractivity contribution in [2.75, 3.05) is 26.2 Å². The molecule has 0 unspecified atom stereocenters. The van der Waals surface area contributed by atoms with Gasteiger partial charge in [-0.3, -0.25) is 9.59 Å². The fraction of sp³-hybridized carbons (Fsp3) is 0.704. The topological polar surface area (TPSA) is 70.7 Å². The zero-order valence-corrected chi connectivity index (χ0v) is 20.7. The molecule has 1 N–H and O–H groups in total. The van der Waals surface area contributed by atoms with E-state index in [1.54, 1.807) is 6.26 Å². The second-order valence-corrected chi connectivity index (χ2v) is 10.8. The molecule has 2 aliphatic heterocycles. The van der Waals surface area contributed by atoms with Gasteiger partial charge in [-0.05, 0) is 58.7 Å². The number of hydrogen-bond acceptors (Lipinski definition) is 4. The number of carbonyl (C=O) groups is 2. The van der Waals surface area contributed by atoms with Crippen molar-refractivity contribution in [1.82, 2.24) is 19.7 Å². The third-order valence-electron chi connectivity index (χ3n) is 8.28. The van der Waals surface area contributed by atoms with E-state index in [9.17, 15) is 9.59 Å². The van der Waals surface area contributed by atoms with Gasteiger partial charge in [0.2, 0.25) is 5.91 Å². The molecule has 3 aliphatic rings. The van der Waals surface area contributed by atoms with Gasteiger partial charge in [0.05, 0.1) is 18.3 Å². The van der Waals surface area contributed by atoms with Gasteiger partial charge in [0.15, 0.2) is 5.58 Å². The molecule has 0 bridgehead atoms. The zero-order valence-electron chi connectivity index (χ0n) is 20.7. The van der Waals surface area contributed by atoms with E-state index in [4.69, 9.17) is 4.42 Å². The molecule has 1 saturated carbocycles. The molecule has 2 aromatic rings. The highest BCUT2D eigenvalue weighted by Crippen LogP contribution is 2.33. The SMILES string of the molecule is C[C@@]1(C(=O)NC2CCCCCCC2)Cn2c(cc3occc32)C(=O)N1CCCN1CCCCC1. The molecule has 5 rings (SSSR count). The molecule has 0 aromatic carbocycles. The summed E-state index contributed by atoms with van der Waals surface area (Å²) in [5.41, 5.74) is 1.31. The minimum Gasteiger partial charge on any atom is -0.463 e. The number of piperidine rings is 1. The van der Waals surface area contributed by atoms with E-state index in [0.717, 1.165) is 57.3 Å². The van der Waals surface area contributed by atoms with E-state index >= 15 is 0 Å². The molecule has 1 saturated heterocycles. The Morgan fingerprint density at radius 2 is 1.76 bits per heavy atom. The summed E-state index contributed by atoms with van der Waals surface area (Å²) in [4.78, 5) is 32.0. The normalized spacial score (nSPS) is 25.2. The fourth-order valence-electron chi connectivity index (χ4n) is 6.20. The van der Waals surface area contributed by atoms with E-state index < -0.39 is 5.54 Å². The van der Waals surface area contributed by atoms with Gasteiger partial charge in [-0.25, -0.2) is 0 Å². The van der Waals surface area contributed by atoms with Crippen LogP contribution >= 0.6 is 0 Å². The van der Waals surface area contributed by atoms with Crippen molar-refractivity contribution in [3.05, 3.63) is 24.1 Å². The lowest BCUT2D eigenvalue weighted by molar-refractivity contribution is -0.133. The second-order valence-electron chi connectivity index (χ2n) is 10.8. The lowest BCUT2D eigenvalue weighted by atomic mass is 9.92. The van der Waals surface area contributed by atoms with Gasteiger partial charge >= 0.3 is 0 Å². The van der Waals surface area contributed by atoms with Crippen LogP contribution in [0.1, 0.15) is 88.0 Å². The number of fused-ring (bicyclic) bond motifs is 3. The summed E-state index contributed by atoms with van der Waals surface area (Å²) < 4.78 is 7.58. The molecule has 1 aliphatic carbocycles. The van der Waals surface area contributed by atoms with Crippen LogP contribution in [0.25, 0.3) is 11.1 Å². The molecule has 0 radical (unpaired) electrons. The Labute approximate surface area is 202 Å². The molecular weight excluding hydrogens is 428 g/mol. The summed E-state index contributed by atoms with van der Waals surface area (Å²) in [5, 5.41) is 3.37. The van der Waals surface area contributed by atoms with Crippen LogP contribution in [0.4, 0.5) is 0 Å². The smallest absolute Gasteiger partial charge is 0.271 e. The van der Waals surface area contributed by atoms with E-state index in [2.05, 4.69) is 10.2 Å². The van der Waals surface area contributed by atoms with Crippen molar-refractivity contribution in [3.8, 4) is 0 Å². The van der Waals surface area contributed by atoms with Crippen LogP contribution in [-0.4, -0.2) is 63.9 Å².